The Balaban J connectivity index is 2.46. The van der Waals surface area contributed by atoms with E-state index in [9.17, 15) is 9.90 Å². The van der Waals surface area contributed by atoms with Crippen LogP contribution in [0.2, 0.25) is 0 Å². The van der Waals surface area contributed by atoms with Crippen LogP contribution in [0, 0.1) is 13.8 Å². The molecule has 1 aromatic rings. The minimum Gasteiger partial charge on any atom is -0.507 e. The molecule has 0 radical (unpaired) electrons. The second-order valence-corrected chi connectivity index (χ2v) is 5.59. The standard InChI is InChI=1S/C12H11NO2S2/c1-6-3-7(2)10(14)8(4-6)5-9-11(15)13-12(16)17-9/h3-5,14H,1-2H3,(H,13,15,16). The second-order valence-electron chi connectivity index (χ2n) is 3.87. The van der Waals surface area contributed by atoms with E-state index in [1.165, 1.54) is 11.8 Å². The summed E-state index contributed by atoms with van der Waals surface area (Å²) in [5, 5.41) is 12.5. The van der Waals surface area contributed by atoms with Crippen LogP contribution in [0.25, 0.3) is 6.08 Å². The van der Waals surface area contributed by atoms with Gasteiger partial charge in [-0.25, -0.2) is 0 Å². The quantitative estimate of drug-likeness (QED) is 0.605. The number of phenolic OH excluding ortho intramolecular Hbond substituents is 1. The fourth-order valence-electron chi connectivity index (χ4n) is 1.67. The average molecular weight is 265 g/mol. The lowest BCUT2D eigenvalue weighted by molar-refractivity contribution is -0.115. The van der Waals surface area contributed by atoms with Gasteiger partial charge in [-0.1, -0.05) is 35.6 Å². The van der Waals surface area contributed by atoms with Crippen molar-refractivity contribution in [3.05, 3.63) is 33.7 Å². The number of hydrogen-bond acceptors (Lipinski definition) is 4. The first-order valence-electron chi connectivity index (χ1n) is 5.02. The molecule has 1 aliphatic rings. The van der Waals surface area contributed by atoms with Gasteiger partial charge in [0, 0.05) is 5.56 Å². The molecule has 5 heteroatoms. The molecule has 1 fully saturated rings. The number of thioether (sulfide) groups is 1. The SMILES string of the molecule is Cc1cc(C)c(O)c(C=C2SC(=S)NC2=O)c1. The van der Waals surface area contributed by atoms with Crippen molar-refractivity contribution in [3.63, 3.8) is 0 Å². The minimum absolute atomic E-state index is 0.203. The lowest BCUT2D eigenvalue weighted by atomic mass is 10.1. The third-order valence-corrected chi connectivity index (χ3v) is 3.57. The van der Waals surface area contributed by atoms with Crippen molar-refractivity contribution < 1.29 is 9.90 Å². The summed E-state index contributed by atoms with van der Waals surface area (Å²) in [6, 6.07) is 3.73. The van der Waals surface area contributed by atoms with Crippen LogP contribution >= 0.6 is 24.0 Å². The van der Waals surface area contributed by atoms with E-state index < -0.39 is 0 Å². The van der Waals surface area contributed by atoms with Crippen molar-refractivity contribution >= 4 is 40.3 Å². The highest BCUT2D eigenvalue weighted by molar-refractivity contribution is 8.26. The highest BCUT2D eigenvalue weighted by Gasteiger charge is 2.22. The molecule has 0 atom stereocenters. The summed E-state index contributed by atoms with van der Waals surface area (Å²) in [6.07, 6.45) is 1.66. The summed E-state index contributed by atoms with van der Waals surface area (Å²) in [5.41, 5.74) is 2.48. The zero-order valence-corrected chi connectivity index (χ0v) is 11.0. The van der Waals surface area contributed by atoms with E-state index in [1.54, 1.807) is 6.08 Å². The van der Waals surface area contributed by atoms with E-state index in [0.29, 0.717) is 14.8 Å². The van der Waals surface area contributed by atoms with E-state index >= 15 is 0 Å². The minimum atomic E-state index is -0.210. The van der Waals surface area contributed by atoms with Gasteiger partial charge in [0.15, 0.2) is 0 Å². The molecule has 1 aliphatic heterocycles. The molecule has 1 aromatic carbocycles. The van der Waals surface area contributed by atoms with Crippen LogP contribution in [-0.2, 0) is 4.79 Å². The van der Waals surface area contributed by atoms with Gasteiger partial charge in [-0.05, 0) is 31.6 Å². The van der Waals surface area contributed by atoms with Gasteiger partial charge in [-0.15, -0.1) is 0 Å². The van der Waals surface area contributed by atoms with Crippen molar-refractivity contribution in [2.45, 2.75) is 13.8 Å². The summed E-state index contributed by atoms with van der Waals surface area (Å²) in [5.74, 6) is -0.00659. The Morgan fingerprint density at radius 3 is 2.71 bits per heavy atom. The molecule has 0 spiro atoms. The van der Waals surface area contributed by atoms with E-state index in [2.05, 4.69) is 5.32 Å². The van der Waals surface area contributed by atoms with Crippen molar-refractivity contribution in [1.82, 2.24) is 5.32 Å². The Labute approximate surface area is 109 Å². The summed E-state index contributed by atoms with van der Waals surface area (Å²) in [6.45, 7) is 3.78. The molecule has 17 heavy (non-hydrogen) atoms. The Hall–Kier alpha value is -1.33. The predicted molar refractivity (Wildman–Crippen MR) is 73.9 cm³/mol. The van der Waals surface area contributed by atoms with Gasteiger partial charge in [0.25, 0.3) is 5.91 Å². The van der Waals surface area contributed by atoms with Gasteiger partial charge >= 0.3 is 0 Å². The van der Waals surface area contributed by atoms with Crippen molar-refractivity contribution in [2.75, 3.05) is 0 Å². The number of amides is 1. The molecule has 0 bridgehead atoms. The maximum atomic E-state index is 11.5. The number of rotatable bonds is 1. The lowest BCUT2D eigenvalue weighted by Crippen LogP contribution is -2.17. The van der Waals surface area contributed by atoms with Crippen LogP contribution in [0.15, 0.2) is 17.0 Å². The average Bonchev–Trinajstić information content (AvgIpc) is 2.53. The number of phenols is 1. The molecular weight excluding hydrogens is 254 g/mol. The first kappa shape index (κ1) is 12.1. The molecule has 2 N–H and O–H groups in total. The van der Waals surface area contributed by atoms with Gasteiger partial charge < -0.3 is 10.4 Å². The maximum Gasteiger partial charge on any atom is 0.263 e. The number of carbonyl (C=O) groups is 1. The molecule has 0 aliphatic carbocycles. The second kappa shape index (κ2) is 4.50. The van der Waals surface area contributed by atoms with Crippen molar-refractivity contribution in [1.29, 1.82) is 0 Å². The molecule has 1 amide bonds. The highest BCUT2D eigenvalue weighted by atomic mass is 32.2. The Morgan fingerprint density at radius 2 is 2.12 bits per heavy atom. The molecule has 1 heterocycles. The zero-order valence-electron chi connectivity index (χ0n) is 9.40. The summed E-state index contributed by atoms with van der Waals surface area (Å²) in [4.78, 5) is 12.0. The molecular formula is C12H11NO2S2. The monoisotopic (exact) mass is 265 g/mol. The smallest absolute Gasteiger partial charge is 0.263 e. The molecule has 1 saturated heterocycles. The first-order chi connectivity index (χ1) is 7.97. The summed E-state index contributed by atoms with van der Waals surface area (Å²) in [7, 11) is 0. The predicted octanol–water partition coefficient (Wildman–Crippen LogP) is 2.50. The number of benzene rings is 1. The third-order valence-electron chi connectivity index (χ3n) is 2.40. The third kappa shape index (κ3) is 2.50. The highest BCUT2D eigenvalue weighted by Crippen LogP contribution is 2.31. The van der Waals surface area contributed by atoms with Gasteiger partial charge in [-0.2, -0.15) is 0 Å². The number of nitrogens with one attached hydrogen (secondary N) is 1. The largest absolute Gasteiger partial charge is 0.507 e. The lowest BCUT2D eigenvalue weighted by Gasteiger charge is -2.05. The summed E-state index contributed by atoms with van der Waals surface area (Å²) < 4.78 is 0.449. The number of aryl methyl sites for hydroxylation is 2. The molecule has 2 rings (SSSR count). The first-order valence-corrected chi connectivity index (χ1v) is 6.25. The van der Waals surface area contributed by atoms with Crippen molar-refractivity contribution in [2.24, 2.45) is 0 Å². The maximum absolute atomic E-state index is 11.5. The topological polar surface area (TPSA) is 49.3 Å². The number of thiocarbonyl (C=S) groups is 1. The molecule has 88 valence electrons. The van der Waals surface area contributed by atoms with Crippen LogP contribution in [0.1, 0.15) is 16.7 Å². The molecule has 0 unspecified atom stereocenters. The van der Waals surface area contributed by atoms with Gasteiger partial charge in [0.1, 0.15) is 10.1 Å². The van der Waals surface area contributed by atoms with Crippen LogP contribution in [0.3, 0.4) is 0 Å². The Kier molecular flexibility index (Phi) is 3.22. The Bertz CT molecular complexity index is 550. The van der Waals surface area contributed by atoms with Crippen LogP contribution < -0.4 is 5.32 Å². The number of aromatic hydroxyl groups is 1. The van der Waals surface area contributed by atoms with Gasteiger partial charge in [0.2, 0.25) is 0 Å². The molecule has 3 nitrogen and oxygen atoms in total. The van der Waals surface area contributed by atoms with E-state index in [1.807, 2.05) is 26.0 Å². The number of hydrogen-bond donors (Lipinski definition) is 2. The summed E-state index contributed by atoms with van der Waals surface area (Å²) >= 11 is 6.11. The van der Waals surface area contributed by atoms with Gasteiger partial charge in [-0.3, -0.25) is 4.79 Å². The van der Waals surface area contributed by atoms with Crippen LogP contribution in [-0.4, -0.2) is 15.3 Å². The fraction of sp³-hybridized carbons (Fsp3) is 0.167. The number of carbonyl (C=O) groups excluding carboxylic acids is 1. The van der Waals surface area contributed by atoms with E-state index in [4.69, 9.17) is 12.2 Å². The van der Waals surface area contributed by atoms with E-state index in [-0.39, 0.29) is 11.7 Å². The zero-order chi connectivity index (χ0) is 12.6. The van der Waals surface area contributed by atoms with E-state index in [0.717, 1.165) is 11.1 Å². The van der Waals surface area contributed by atoms with Gasteiger partial charge in [0.05, 0.1) is 4.91 Å². The molecule has 0 saturated carbocycles. The normalized spacial score (nSPS) is 17.6. The van der Waals surface area contributed by atoms with Crippen LogP contribution in [0.4, 0.5) is 0 Å². The Morgan fingerprint density at radius 1 is 1.41 bits per heavy atom. The van der Waals surface area contributed by atoms with Crippen LogP contribution in [0.5, 0.6) is 5.75 Å². The molecule has 0 aromatic heterocycles. The fourth-order valence-corrected chi connectivity index (χ4v) is 2.70. The van der Waals surface area contributed by atoms with Crippen molar-refractivity contribution in [3.8, 4) is 5.75 Å².